The number of aliphatic hydroxyl groups is 2. The summed E-state index contributed by atoms with van der Waals surface area (Å²) in [7, 11) is 1.62. The van der Waals surface area contributed by atoms with Gasteiger partial charge in [0.15, 0.2) is 0 Å². The number of hydrogen-bond acceptors (Lipinski definition) is 3. The second-order valence-corrected chi connectivity index (χ2v) is 5.29. The van der Waals surface area contributed by atoms with Gasteiger partial charge in [-0.1, -0.05) is 25.3 Å². The van der Waals surface area contributed by atoms with E-state index in [9.17, 15) is 10.2 Å². The first-order chi connectivity index (χ1) is 8.57. The number of ether oxygens (including phenoxy) is 1. The van der Waals surface area contributed by atoms with Crippen molar-refractivity contribution in [3.05, 3.63) is 29.3 Å². The van der Waals surface area contributed by atoms with Gasteiger partial charge in [0.2, 0.25) is 0 Å². The Hall–Kier alpha value is -1.06. The molecule has 1 aliphatic carbocycles. The first kappa shape index (κ1) is 13.4. The summed E-state index contributed by atoms with van der Waals surface area (Å²) in [5, 5.41) is 21.0. The molecular formula is C15H22O3. The lowest BCUT2D eigenvalue weighted by atomic mass is 9.77. The van der Waals surface area contributed by atoms with E-state index in [0.717, 1.165) is 36.1 Å². The Morgan fingerprint density at radius 2 is 1.89 bits per heavy atom. The van der Waals surface area contributed by atoms with Gasteiger partial charge in [0.1, 0.15) is 11.9 Å². The summed E-state index contributed by atoms with van der Waals surface area (Å²) < 4.78 is 5.16. The molecule has 3 heteroatoms. The maximum absolute atomic E-state index is 10.6. The molecule has 1 aromatic rings. The highest BCUT2D eigenvalue weighted by atomic mass is 16.5. The molecule has 0 amide bonds. The zero-order valence-corrected chi connectivity index (χ0v) is 11.1. The van der Waals surface area contributed by atoms with Crippen molar-refractivity contribution < 1.29 is 14.9 Å². The molecule has 1 atom stereocenters. The lowest BCUT2D eigenvalue weighted by Crippen LogP contribution is -2.38. The van der Waals surface area contributed by atoms with Crippen molar-refractivity contribution in [3.8, 4) is 5.75 Å². The van der Waals surface area contributed by atoms with Gasteiger partial charge in [-0.3, -0.25) is 0 Å². The van der Waals surface area contributed by atoms with Crippen molar-refractivity contribution in [3.63, 3.8) is 0 Å². The molecule has 2 N–H and O–H groups in total. The number of benzene rings is 1. The van der Waals surface area contributed by atoms with E-state index in [-0.39, 0.29) is 0 Å². The summed E-state index contributed by atoms with van der Waals surface area (Å²) >= 11 is 0. The van der Waals surface area contributed by atoms with Crippen LogP contribution < -0.4 is 4.74 Å². The molecule has 3 nitrogen and oxygen atoms in total. The van der Waals surface area contributed by atoms with Gasteiger partial charge in [0.05, 0.1) is 12.7 Å². The van der Waals surface area contributed by atoms with E-state index in [1.54, 1.807) is 7.11 Å². The zero-order chi connectivity index (χ0) is 13.2. The van der Waals surface area contributed by atoms with Crippen molar-refractivity contribution in [2.45, 2.75) is 50.7 Å². The van der Waals surface area contributed by atoms with E-state index >= 15 is 0 Å². The average molecular weight is 250 g/mol. The normalized spacial score (nSPS) is 20.4. The average Bonchev–Trinajstić information content (AvgIpc) is 2.38. The predicted octanol–water partition coefficient (Wildman–Crippen LogP) is 2.73. The molecular weight excluding hydrogens is 228 g/mol. The second kappa shape index (κ2) is 5.29. The summed E-state index contributed by atoms with van der Waals surface area (Å²) in [5.41, 5.74) is 0.804. The highest BCUT2D eigenvalue weighted by Crippen LogP contribution is 2.39. The Bertz CT molecular complexity index is 408. The predicted molar refractivity (Wildman–Crippen MR) is 70.7 cm³/mol. The van der Waals surface area contributed by atoms with E-state index < -0.39 is 11.7 Å². The van der Waals surface area contributed by atoms with Crippen LogP contribution in [0.15, 0.2) is 18.2 Å². The molecule has 1 saturated carbocycles. The van der Waals surface area contributed by atoms with Crippen molar-refractivity contribution >= 4 is 0 Å². The fourth-order valence-corrected chi connectivity index (χ4v) is 2.81. The van der Waals surface area contributed by atoms with Crippen LogP contribution in [-0.2, 0) is 0 Å². The Morgan fingerprint density at radius 1 is 1.22 bits per heavy atom. The SMILES string of the molecule is COc1ccc(C(O)C2(O)CCCCC2)c(C)c1. The van der Waals surface area contributed by atoms with Crippen LogP contribution in [-0.4, -0.2) is 22.9 Å². The fraction of sp³-hybridized carbons (Fsp3) is 0.600. The molecule has 1 aromatic carbocycles. The zero-order valence-electron chi connectivity index (χ0n) is 11.1. The fourth-order valence-electron chi connectivity index (χ4n) is 2.81. The third-order valence-electron chi connectivity index (χ3n) is 4.00. The number of hydrogen-bond donors (Lipinski definition) is 2. The Balaban J connectivity index is 2.24. The van der Waals surface area contributed by atoms with Crippen LogP contribution >= 0.6 is 0 Å². The summed E-state index contributed by atoms with van der Waals surface area (Å²) in [4.78, 5) is 0. The van der Waals surface area contributed by atoms with Crippen LogP contribution in [0.2, 0.25) is 0 Å². The quantitative estimate of drug-likeness (QED) is 0.867. The van der Waals surface area contributed by atoms with Crippen LogP contribution in [0.1, 0.15) is 49.3 Å². The molecule has 18 heavy (non-hydrogen) atoms. The van der Waals surface area contributed by atoms with Gasteiger partial charge in [-0.15, -0.1) is 0 Å². The summed E-state index contributed by atoms with van der Waals surface area (Å²) in [6.07, 6.45) is 3.69. The molecule has 0 spiro atoms. The van der Waals surface area contributed by atoms with Gasteiger partial charge in [-0.05, 0) is 43.0 Å². The molecule has 0 saturated heterocycles. The largest absolute Gasteiger partial charge is 0.497 e. The van der Waals surface area contributed by atoms with Crippen LogP contribution in [0.3, 0.4) is 0 Å². The summed E-state index contributed by atoms with van der Waals surface area (Å²) in [6, 6.07) is 5.58. The first-order valence-electron chi connectivity index (χ1n) is 6.62. The third-order valence-corrected chi connectivity index (χ3v) is 4.00. The van der Waals surface area contributed by atoms with Crippen molar-refractivity contribution in [1.82, 2.24) is 0 Å². The minimum Gasteiger partial charge on any atom is -0.497 e. The van der Waals surface area contributed by atoms with Gasteiger partial charge in [0.25, 0.3) is 0 Å². The molecule has 1 unspecified atom stereocenters. The van der Waals surface area contributed by atoms with Gasteiger partial charge in [-0.2, -0.15) is 0 Å². The molecule has 100 valence electrons. The van der Waals surface area contributed by atoms with Gasteiger partial charge in [-0.25, -0.2) is 0 Å². The number of aryl methyl sites for hydroxylation is 1. The lowest BCUT2D eigenvalue weighted by molar-refractivity contribution is -0.0994. The van der Waals surface area contributed by atoms with Crippen molar-refractivity contribution in [2.75, 3.05) is 7.11 Å². The molecule has 0 heterocycles. The molecule has 0 radical (unpaired) electrons. The Kier molecular flexibility index (Phi) is 3.93. The number of aliphatic hydroxyl groups excluding tert-OH is 1. The topological polar surface area (TPSA) is 49.7 Å². The van der Waals surface area contributed by atoms with E-state index in [0.29, 0.717) is 12.8 Å². The highest BCUT2D eigenvalue weighted by Gasteiger charge is 2.38. The van der Waals surface area contributed by atoms with Crippen molar-refractivity contribution in [2.24, 2.45) is 0 Å². The first-order valence-corrected chi connectivity index (χ1v) is 6.62. The van der Waals surface area contributed by atoms with Crippen LogP contribution in [0.4, 0.5) is 0 Å². The van der Waals surface area contributed by atoms with E-state index in [2.05, 4.69) is 0 Å². The summed E-state index contributed by atoms with van der Waals surface area (Å²) in [5.74, 6) is 0.777. The van der Waals surface area contributed by atoms with E-state index in [1.165, 1.54) is 0 Å². The van der Waals surface area contributed by atoms with Crippen LogP contribution in [0.25, 0.3) is 0 Å². The van der Waals surface area contributed by atoms with Gasteiger partial charge in [0, 0.05) is 0 Å². The van der Waals surface area contributed by atoms with Crippen LogP contribution in [0.5, 0.6) is 5.75 Å². The standard InChI is InChI=1S/C15H22O3/c1-11-10-12(18-2)6-7-13(11)14(16)15(17)8-4-3-5-9-15/h6-7,10,14,16-17H,3-5,8-9H2,1-2H3. The second-order valence-electron chi connectivity index (χ2n) is 5.29. The van der Waals surface area contributed by atoms with Gasteiger partial charge < -0.3 is 14.9 Å². The van der Waals surface area contributed by atoms with Crippen LogP contribution in [0, 0.1) is 6.92 Å². The van der Waals surface area contributed by atoms with Gasteiger partial charge >= 0.3 is 0 Å². The highest BCUT2D eigenvalue weighted by molar-refractivity contribution is 5.37. The van der Waals surface area contributed by atoms with E-state index in [1.807, 2.05) is 25.1 Å². The Morgan fingerprint density at radius 3 is 2.44 bits per heavy atom. The molecule has 1 aliphatic rings. The summed E-state index contributed by atoms with van der Waals surface area (Å²) in [6.45, 7) is 1.94. The lowest BCUT2D eigenvalue weighted by Gasteiger charge is -2.37. The smallest absolute Gasteiger partial charge is 0.119 e. The molecule has 2 rings (SSSR count). The third kappa shape index (κ3) is 2.52. The Labute approximate surface area is 108 Å². The molecule has 0 aliphatic heterocycles. The number of methoxy groups -OCH3 is 1. The van der Waals surface area contributed by atoms with E-state index in [4.69, 9.17) is 4.74 Å². The maximum atomic E-state index is 10.6. The molecule has 1 fully saturated rings. The van der Waals surface area contributed by atoms with Crippen molar-refractivity contribution in [1.29, 1.82) is 0 Å². The number of rotatable bonds is 3. The molecule has 0 bridgehead atoms. The molecule has 0 aromatic heterocycles. The minimum absolute atomic E-state index is 0.680. The maximum Gasteiger partial charge on any atom is 0.119 e. The minimum atomic E-state index is -0.961. The monoisotopic (exact) mass is 250 g/mol.